The normalized spacial score (nSPS) is 13.1. The van der Waals surface area contributed by atoms with Crippen LogP contribution >= 0.6 is 11.8 Å². The predicted octanol–water partition coefficient (Wildman–Crippen LogP) is 4.58. The molecular formula is C25H26N4O3S. The second-order valence-electron chi connectivity index (χ2n) is 8.63. The van der Waals surface area contributed by atoms with Crippen molar-refractivity contribution >= 4 is 22.7 Å². The van der Waals surface area contributed by atoms with Crippen LogP contribution in [0.5, 0.6) is 5.75 Å². The van der Waals surface area contributed by atoms with Crippen LogP contribution in [0.2, 0.25) is 0 Å². The monoisotopic (exact) mass is 462 g/mol. The van der Waals surface area contributed by atoms with Gasteiger partial charge in [0, 0.05) is 17.2 Å². The molecule has 8 heteroatoms. The summed E-state index contributed by atoms with van der Waals surface area (Å²) in [4.78, 5) is 12.1. The second-order valence-corrected chi connectivity index (χ2v) is 9.57. The first-order valence-electron chi connectivity index (χ1n) is 11.1. The van der Waals surface area contributed by atoms with Crippen molar-refractivity contribution in [2.45, 2.75) is 56.5 Å². The molecular weight excluding hydrogens is 436 g/mol. The molecule has 1 aliphatic rings. The van der Waals surface area contributed by atoms with Crippen LogP contribution in [0.25, 0.3) is 11.0 Å². The van der Waals surface area contributed by atoms with Crippen molar-refractivity contribution in [1.29, 1.82) is 0 Å². The summed E-state index contributed by atoms with van der Waals surface area (Å²) in [6.07, 6.45) is 3.25. The van der Waals surface area contributed by atoms with Crippen LogP contribution in [0.4, 0.5) is 0 Å². The summed E-state index contributed by atoms with van der Waals surface area (Å²) in [6, 6.07) is 13.7. The van der Waals surface area contributed by atoms with Gasteiger partial charge in [0.2, 0.25) is 5.16 Å². The Bertz CT molecular complexity index is 1360. The molecule has 2 aromatic heterocycles. The molecule has 0 atom stereocenters. The molecule has 0 fully saturated rings. The second kappa shape index (κ2) is 8.94. The Morgan fingerprint density at radius 1 is 1.12 bits per heavy atom. The number of benzene rings is 2. The van der Waals surface area contributed by atoms with E-state index in [1.54, 1.807) is 6.07 Å². The number of nitrogens with zero attached hydrogens (tertiary/aromatic N) is 3. The summed E-state index contributed by atoms with van der Waals surface area (Å²) in [5.74, 6) is 8.51. The molecule has 2 N–H and O–H groups in total. The zero-order chi connectivity index (χ0) is 22.9. The number of nitrogens with two attached hydrogens (primary N) is 1. The smallest absolute Gasteiger partial charge is 0.336 e. The van der Waals surface area contributed by atoms with E-state index >= 15 is 0 Å². The van der Waals surface area contributed by atoms with E-state index in [4.69, 9.17) is 15.0 Å². The van der Waals surface area contributed by atoms with Crippen molar-refractivity contribution < 1.29 is 9.15 Å². The molecule has 0 saturated carbocycles. The number of rotatable bonds is 7. The molecule has 7 nitrogen and oxygen atoms in total. The van der Waals surface area contributed by atoms with Crippen molar-refractivity contribution in [3.05, 3.63) is 81.0 Å². The van der Waals surface area contributed by atoms with E-state index in [-0.39, 0.29) is 12.2 Å². The Morgan fingerprint density at radius 3 is 2.64 bits per heavy atom. The summed E-state index contributed by atoms with van der Waals surface area (Å²) in [7, 11) is 0. The standard InChI is InChI=1S/C25H26N4O3S/c1-15(2)16-6-8-20(9-7-16)31-13-23-27-28-25(29(23)26)33-14-19-12-24(30)32-22-11-18-5-3-4-17(18)10-21(19)22/h6-12,15H,3-5,13-14,26H2,1-2H3. The van der Waals surface area contributed by atoms with Crippen molar-refractivity contribution in [2.75, 3.05) is 5.84 Å². The molecule has 170 valence electrons. The minimum atomic E-state index is -0.345. The summed E-state index contributed by atoms with van der Waals surface area (Å²) in [5.41, 5.74) is 5.09. The molecule has 0 radical (unpaired) electrons. The van der Waals surface area contributed by atoms with E-state index in [9.17, 15) is 4.79 Å². The number of fused-ring (bicyclic) bond motifs is 2. The maximum atomic E-state index is 12.1. The van der Waals surface area contributed by atoms with E-state index in [0.717, 1.165) is 36.0 Å². The van der Waals surface area contributed by atoms with Gasteiger partial charge >= 0.3 is 5.63 Å². The maximum absolute atomic E-state index is 12.1. The van der Waals surface area contributed by atoms with Crippen molar-refractivity contribution in [3.63, 3.8) is 0 Å². The van der Waals surface area contributed by atoms with E-state index in [1.165, 1.54) is 33.1 Å². The van der Waals surface area contributed by atoms with Gasteiger partial charge in [0.05, 0.1) is 0 Å². The third kappa shape index (κ3) is 4.48. The van der Waals surface area contributed by atoms with Gasteiger partial charge in [-0.2, -0.15) is 0 Å². The first-order chi connectivity index (χ1) is 16.0. The average Bonchev–Trinajstić information content (AvgIpc) is 3.40. The zero-order valence-electron chi connectivity index (χ0n) is 18.7. The lowest BCUT2D eigenvalue weighted by molar-refractivity contribution is 0.291. The molecule has 4 aromatic rings. The van der Waals surface area contributed by atoms with Gasteiger partial charge in [-0.25, -0.2) is 9.47 Å². The van der Waals surface area contributed by atoms with Crippen LogP contribution in [0.3, 0.4) is 0 Å². The Labute approximate surface area is 195 Å². The van der Waals surface area contributed by atoms with Crippen LogP contribution in [0.15, 0.2) is 56.8 Å². The van der Waals surface area contributed by atoms with Crippen LogP contribution in [0.1, 0.15) is 54.3 Å². The van der Waals surface area contributed by atoms with Crippen molar-refractivity contribution in [2.24, 2.45) is 0 Å². The number of hydrogen-bond donors (Lipinski definition) is 1. The van der Waals surface area contributed by atoms with Crippen LogP contribution in [0, 0.1) is 0 Å². The highest BCUT2D eigenvalue weighted by molar-refractivity contribution is 7.98. The molecule has 0 bridgehead atoms. The summed E-state index contributed by atoms with van der Waals surface area (Å²) in [6.45, 7) is 4.53. The average molecular weight is 463 g/mol. The first-order valence-corrected chi connectivity index (χ1v) is 12.1. The highest BCUT2D eigenvalue weighted by atomic mass is 32.2. The van der Waals surface area contributed by atoms with Gasteiger partial charge in [-0.3, -0.25) is 0 Å². The fourth-order valence-corrected chi connectivity index (χ4v) is 5.02. The van der Waals surface area contributed by atoms with E-state index in [2.05, 4.69) is 42.2 Å². The fraction of sp³-hybridized carbons (Fsp3) is 0.320. The van der Waals surface area contributed by atoms with Crippen molar-refractivity contribution in [1.82, 2.24) is 14.9 Å². The molecule has 1 aliphatic carbocycles. The molecule has 0 aliphatic heterocycles. The van der Waals surface area contributed by atoms with Crippen LogP contribution < -0.4 is 16.2 Å². The van der Waals surface area contributed by atoms with Gasteiger partial charge < -0.3 is 15.0 Å². The molecule has 0 amide bonds. The Balaban J connectivity index is 1.29. The molecule has 2 aromatic carbocycles. The van der Waals surface area contributed by atoms with Gasteiger partial charge in [0.15, 0.2) is 5.82 Å². The van der Waals surface area contributed by atoms with Gasteiger partial charge in [0.1, 0.15) is 17.9 Å². The lowest BCUT2D eigenvalue weighted by Gasteiger charge is -2.09. The van der Waals surface area contributed by atoms with E-state index in [0.29, 0.717) is 28.2 Å². The Hall–Kier alpha value is -3.26. The summed E-state index contributed by atoms with van der Waals surface area (Å²) < 4.78 is 12.7. The Kier molecular flexibility index (Phi) is 5.85. The van der Waals surface area contributed by atoms with Gasteiger partial charge in [0.25, 0.3) is 0 Å². The molecule has 5 rings (SSSR count). The summed E-state index contributed by atoms with van der Waals surface area (Å²) >= 11 is 1.43. The summed E-state index contributed by atoms with van der Waals surface area (Å²) in [5, 5.41) is 9.92. The molecule has 2 heterocycles. The topological polar surface area (TPSA) is 96.2 Å². The number of ether oxygens (including phenoxy) is 1. The quantitative estimate of drug-likeness (QED) is 0.244. The number of aromatic nitrogens is 3. The minimum absolute atomic E-state index is 0.217. The van der Waals surface area contributed by atoms with Crippen LogP contribution in [-0.2, 0) is 25.2 Å². The molecule has 33 heavy (non-hydrogen) atoms. The predicted molar refractivity (Wildman–Crippen MR) is 129 cm³/mol. The van der Waals surface area contributed by atoms with E-state index in [1.807, 2.05) is 18.2 Å². The first kappa shape index (κ1) is 21.6. The van der Waals surface area contributed by atoms with Crippen LogP contribution in [-0.4, -0.2) is 14.9 Å². The zero-order valence-corrected chi connectivity index (χ0v) is 19.5. The SMILES string of the molecule is CC(C)c1ccc(OCc2nnc(SCc3cc(=O)oc4cc5c(cc34)CCC5)n2N)cc1. The lowest BCUT2D eigenvalue weighted by atomic mass is 10.0. The molecule has 0 saturated heterocycles. The molecule has 0 spiro atoms. The van der Waals surface area contributed by atoms with Crippen molar-refractivity contribution in [3.8, 4) is 5.75 Å². The fourth-order valence-electron chi connectivity index (χ4n) is 4.16. The van der Waals surface area contributed by atoms with Gasteiger partial charge in [-0.15, -0.1) is 10.2 Å². The third-order valence-electron chi connectivity index (χ3n) is 6.05. The third-order valence-corrected chi connectivity index (χ3v) is 7.04. The van der Waals surface area contributed by atoms with E-state index < -0.39 is 0 Å². The van der Waals surface area contributed by atoms with Gasteiger partial charge in [-0.05, 0) is 71.7 Å². The highest BCUT2D eigenvalue weighted by Crippen LogP contribution is 2.31. The largest absolute Gasteiger partial charge is 0.486 e. The number of hydrogen-bond acceptors (Lipinski definition) is 7. The molecule has 0 unspecified atom stereocenters. The number of nitrogen functional groups attached to an aromatic ring is 1. The number of thioether (sulfide) groups is 1. The lowest BCUT2D eigenvalue weighted by Crippen LogP contribution is -2.15. The Morgan fingerprint density at radius 2 is 1.88 bits per heavy atom. The number of aryl methyl sites for hydroxylation is 2. The van der Waals surface area contributed by atoms with Gasteiger partial charge in [-0.1, -0.05) is 37.7 Å². The highest BCUT2D eigenvalue weighted by Gasteiger charge is 2.17. The minimum Gasteiger partial charge on any atom is -0.486 e. The maximum Gasteiger partial charge on any atom is 0.336 e.